The van der Waals surface area contributed by atoms with Crippen LogP contribution < -0.4 is 0 Å². The first-order chi connectivity index (χ1) is 8.18. The number of nitrogens with zero attached hydrogens (tertiary/aromatic N) is 1. The van der Waals surface area contributed by atoms with Crippen molar-refractivity contribution in [2.75, 3.05) is 0 Å². The second-order valence-electron chi connectivity index (χ2n) is 4.01. The minimum absolute atomic E-state index is 0.529. The second kappa shape index (κ2) is 5.43. The third kappa shape index (κ3) is 2.93. The molecule has 1 atom stereocenters. The first-order valence-electron chi connectivity index (χ1n) is 5.51. The maximum atomic E-state index is 10.2. The van der Waals surface area contributed by atoms with Gasteiger partial charge in [-0.2, -0.15) is 0 Å². The molecule has 0 spiro atoms. The van der Waals surface area contributed by atoms with E-state index in [1.807, 2.05) is 43.3 Å². The molecule has 1 aromatic carbocycles. The topological polar surface area (TPSA) is 33.1 Å². The average molecular weight is 292 g/mol. The van der Waals surface area contributed by atoms with Crippen molar-refractivity contribution in [2.45, 2.75) is 19.4 Å². The minimum atomic E-state index is -0.529. The van der Waals surface area contributed by atoms with E-state index < -0.39 is 6.10 Å². The summed E-state index contributed by atoms with van der Waals surface area (Å²) in [5.41, 5.74) is 2.95. The SMILES string of the molecule is Cc1cccnc1CC(O)c1ccccc1Br. The first-order valence-corrected chi connectivity index (χ1v) is 6.31. The van der Waals surface area contributed by atoms with Gasteiger partial charge in [0.25, 0.3) is 0 Å². The van der Waals surface area contributed by atoms with E-state index in [1.54, 1.807) is 6.20 Å². The molecule has 2 nitrogen and oxygen atoms in total. The fourth-order valence-corrected chi connectivity index (χ4v) is 2.32. The highest BCUT2D eigenvalue weighted by Gasteiger charge is 2.13. The van der Waals surface area contributed by atoms with Gasteiger partial charge in [-0.3, -0.25) is 4.98 Å². The summed E-state index contributed by atoms with van der Waals surface area (Å²) in [6.45, 7) is 2.01. The van der Waals surface area contributed by atoms with Crippen LogP contribution in [-0.4, -0.2) is 10.1 Å². The molecule has 1 heterocycles. The van der Waals surface area contributed by atoms with Crippen LogP contribution in [-0.2, 0) is 6.42 Å². The quantitative estimate of drug-likeness (QED) is 0.940. The number of aromatic nitrogens is 1. The number of aliphatic hydroxyl groups is 1. The lowest BCUT2D eigenvalue weighted by Crippen LogP contribution is -2.05. The number of hydrogen-bond acceptors (Lipinski definition) is 2. The van der Waals surface area contributed by atoms with Gasteiger partial charge in [-0.1, -0.05) is 40.2 Å². The Hall–Kier alpha value is -1.19. The van der Waals surface area contributed by atoms with Crippen LogP contribution in [0.15, 0.2) is 47.1 Å². The predicted octanol–water partition coefficient (Wildman–Crippen LogP) is 3.43. The smallest absolute Gasteiger partial charge is 0.0856 e. The number of aliphatic hydroxyl groups excluding tert-OH is 1. The van der Waals surface area contributed by atoms with Crippen LogP contribution in [0.25, 0.3) is 0 Å². The van der Waals surface area contributed by atoms with Gasteiger partial charge in [-0.25, -0.2) is 0 Å². The summed E-state index contributed by atoms with van der Waals surface area (Å²) in [7, 11) is 0. The molecule has 0 aliphatic rings. The van der Waals surface area contributed by atoms with Crippen LogP contribution >= 0.6 is 15.9 Å². The Morgan fingerprint density at radius 1 is 1.24 bits per heavy atom. The summed E-state index contributed by atoms with van der Waals surface area (Å²) in [4.78, 5) is 4.30. The first kappa shape index (κ1) is 12.3. The maximum Gasteiger partial charge on any atom is 0.0856 e. The minimum Gasteiger partial charge on any atom is -0.388 e. The number of halogens is 1. The maximum absolute atomic E-state index is 10.2. The molecule has 2 aromatic rings. The predicted molar refractivity (Wildman–Crippen MR) is 71.8 cm³/mol. The Labute approximate surface area is 109 Å². The summed E-state index contributed by atoms with van der Waals surface area (Å²) in [6, 6.07) is 11.6. The third-order valence-corrected chi connectivity index (χ3v) is 3.49. The Morgan fingerprint density at radius 2 is 2.00 bits per heavy atom. The van der Waals surface area contributed by atoms with E-state index in [-0.39, 0.29) is 0 Å². The molecule has 3 heteroatoms. The van der Waals surface area contributed by atoms with Crippen molar-refractivity contribution in [3.63, 3.8) is 0 Å². The van der Waals surface area contributed by atoms with Gasteiger partial charge in [0.15, 0.2) is 0 Å². The van der Waals surface area contributed by atoms with Gasteiger partial charge in [0.1, 0.15) is 0 Å². The van der Waals surface area contributed by atoms with Gasteiger partial charge in [0.05, 0.1) is 6.10 Å². The summed E-state index contributed by atoms with van der Waals surface area (Å²) < 4.78 is 0.932. The fourth-order valence-electron chi connectivity index (χ4n) is 1.77. The molecule has 0 radical (unpaired) electrons. The van der Waals surface area contributed by atoms with Crippen LogP contribution in [0.3, 0.4) is 0 Å². The van der Waals surface area contributed by atoms with E-state index in [4.69, 9.17) is 0 Å². The molecule has 2 rings (SSSR count). The highest BCUT2D eigenvalue weighted by molar-refractivity contribution is 9.10. The van der Waals surface area contributed by atoms with E-state index in [9.17, 15) is 5.11 Å². The fraction of sp³-hybridized carbons (Fsp3) is 0.214. The third-order valence-electron chi connectivity index (χ3n) is 2.77. The number of benzene rings is 1. The van der Waals surface area contributed by atoms with Gasteiger partial charge < -0.3 is 5.11 Å². The van der Waals surface area contributed by atoms with Crippen molar-refractivity contribution < 1.29 is 5.11 Å². The highest BCUT2D eigenvalue weighted by atomic mass is 79.9. The van der Waals surface area contributed by atoms with Gasteiger partial charge >= 0.3 is 0 Å². The van der Waals surface area contributed by atoms with Crippen molar-refractivity contribution in [2.24, 2.45) is 0 Å². The number of pyridine rings is 1. The Morgan fingerprint density at radius 3 is 2.71 bits per heavy atom. The van der Waals surface area contributed by atoms with Crippen LogP contribution in [0, 0.1) is 6.92 Å². The van der Waals surface area contributed by atoms with Crippen LogP contribution in [0.5, 0.6) is 0 Å². The molecule has 17 heavy (non-hydrogen) atoms. The molecule has 0 amide bonds. The normalized spacial score (nSPS) is 12.4. The Kier molecular flexibility index (Phi) is 3.92. The molecule has 1 N–H and O–H groups in total. The van der Waals surface area contributed by atoms with Gasteiger partial charge in [-0.05, 0) is 30.2 Å². The summed E-state index contributed by atoms with van der Waals surface area (Å²) >= 11 is 3.45. The summed E-state index contributed by atoms with van der Waals surface area (Å²) in [5, 5.41) is 10.2. The van der Waals surface area contributed by atoms with E-state index in [0.717, 1.165) is 21.3 Å². The van der Waals surface area contributed by atoms with E-state index in [0.29, 0.717) is 6.42 Å². The Bertz CT molecular complexity index is 513. The summed E-state index contributed by atoms with van der Waals surface area (Å²) in [6.07, 6.45) is 1.77. The zero-order valence-corrected chi connectivity index (χ0v) is 11.2. The largest absolute Gasteiger partial charge is 0.388 e. The standard InChI is InChI=1S/C14H14BrNO/c1-10-5-4-8-16-13(10)9-14(17)11-6-2-3-7-12(11)15/h2-8,14,17H,9H2,1H3. The van der Waals surface area contributed by atoms with Crippen LogP contribution in [0.1, 0.15) is 22.9 Å². The van der Waals surface area contributed by atoms with Gasteiger partial charge in [-0.15, -0.1) is 0 Å². The molecule has 0 aliphatic heterocycles. The number of hydrogen-bond donors (Lipinski definition) is 1. The lowest BCUT2D eigenvalue weighted by Gasteiger charge is -2.13. The van der Waals surface area contributed by atoms with E-state index in [2.05, 4.69) is 20.9 Å². The van der Waals surface area contributed by atoms with Crippen molar-refractivity contribution in [1.29, 1.82) is 0 Å². The monoisotopic (exact) mass is 291 g/mol. The van der Waals surface area contributed by atoms with Crippen molar-refractivity contribution in [3.8, 4) is 0 Å². The molecule has 0 fully saturated rings. The molecule has 0 aliphatic carbocycles. The molecule has 1 unspecified atom stereocenters. The van der Waals surface area contributed by atoms with Crippen molar-refractivity contribution >= 4 is 15.9 Å². The lowest BCUT2D eigenvalue weighted by molar-refractivity contribution is 0.176. The highest BCUT2D eigenvalue weighted by Crippen LogP contribution is 2.25. The molecule has 0 saturated heterocycles. The van der Waals surface area contributed by atoms with Gasteiger partial charge in [0.2, 0.25) is 0 Å². The van der Waals surface area contributed by atoms with Crippen LogP contribution in [0.2, 0.25) is 0 Å². The molecular formula is C14H14BrNO. The molecular weight excluding hydrogens is 278 g/mol. The zero-order valence-electron chi connectivity index (χ0n) is 9.60. The lowest BCUT2D eigenvalue weighted by atomic mass is 10.0. The van der Waals surface area contributed by atoms with Crippen molar-refractivity contribution in [3.05, 3.63) is 63.9 Å². The average Bonchev–Trinajstić information content (AvgIpc) is 2.32. The number of rotatable bonds is 3. The molecule has 0 saturated carbocycles. The van der Waals surface area contributed by atoms with E-state index >= 15 is 0 Å². The number of aryl methyl sites for hydroxylation is 1. The second-order valence-corrected chi connectivity index (χ2v) is 4.86. The van der Waals surface area contributed by atoms with Crippen molar-refractivity contribution in [1.82, 2.24) is 4.98 Å². The zero-order chi connectivity index (χ0) is 12.3. The molecule has 0 bridgehead atoms. The summed E-state index contributed by atoms with van der Waals surface area (Å²) in [5.74, 6) is 0. The molecule has 88 valence electrons. The van der Waals surface area contributed by atoms with Crippen LogP contribution in [0.4, 0.5) is 0 Å². The Balaban J connectivity index is 2.20. The van der Waals surface area contributed by atoms with Gasteiger partial charge in [0, 0.05) is 22.8 Å². The van der Waals surface area contributed by atoms with E-state index in [1.165, 1.54) is 0 Å². The molecule has 1 aromatic heterocycles.